The van der Waals surface area contributed by atoms with E-state index in [0.717, 1.165) is 0 Å². The summed E-state index contributed by atoms with van der Waals surface area (Å²) >= 11 is 0. The second kappa shape index (κ2) is 11.3. The highest BCUT2D eigenvalue weighted by molar-refractivity contribution is 5.91. The number of hydrogen-bond acceptors (Lipinski definition) is 6. The Morgan fingerprint density at radius 2 is 1.79 bits per heavy atom. The standard InChI is InChI=1S/C16H27N3O5/c1-5-8-24-13(21)7-6-12(17)15(22)19-14(10(2)3)16(23)18-11(4)9-20/h5,9-12,14H,1,6-8,17H2,2-4H3,(H,18,23)(H,19,22)/t11-,12-,14?/m0/s1. The Bertz CT molecular complexity index is 465. The Morgan fingerprint density at radius 1 is 1.17 bits per heavy atom. The molecule has 0 rings (SSSR count). The van der Waals surface area contributed by atoms with Crippen LogP contribution in [0.4, 0.5) is 0 Å². The molecule has 0 aromatic carbocycles. The molecule has 136 valence electrons. The zero-order chi connectivity index (χ0) is 18.7. The third kappa shape index (κ3) is 8.42. The fourth-order valence-corrected chi connectivity index (χ4v) is 1.77. The topological polar surface area (TPSA) is 128 Å². The van der Waals surface area contributed by atoms with Crippen molar-refractivity contribution in [1.29, 1.82) is 0 Å². The highest BCUT2D eigenvalue weighted by atomic mass is 16.5. The van der Waals surface area contributed by atoms with Gasteiger partial charge in [-0.3, -0.25) is 14.4 Å². The molecule has 0 aliphatic rings. The predicted octanol–water partition coefficient (Wildman–Crippen LogP) is -0.332. The lowest BCUT2D eigenvalue weighted by atomic mass is 10.0. The molecule has 24 heavy (non-hydrogen) atoms. The molecule has 0 aromatic rings. The van der Waals surface area contributed by atoms with E-state index >= 15 is 0 Å². The summed E-state index contributed by atoms with van der Waals surface area (Å²) in [4.78, 5) is 46.2. The van der Waals surface area contributed by atoms with Gasteiger partial charge in [0.1, 0.15) is 18.9 Å². The van der Waals surface area contributed by atoms with Gasteiger partial charge >= 0.3 is 5.97 Å². The van der Waals surface area contributed by atoms with Crippen molar-refractivity contribution in [2.45, 2.75) is 51.7 Å². The number of aldehydes is 1. The van der Waals surface area contributed by atoms with Gasteiger partial charge in [-0.2, -0.15) is 0 Å². The van der Waals surface area contributed by atoms with Gasteiger partial charge in [0.05, 0.1) is 12.1 Å². The van der Waals surface area contributed by atoms with Crippen molar-refractivity contribution in [3.05, 3.63) is 12.7 Å². The van der Waals surface area contributed by atoms with E-state index in [2.05, 4.69) is 17.2 Å². The van der Waals surface area contributed by atoms with Crippen LogP contribution in [-0.2, 0) is 23.9 Å². The average molecular weight is 341 g/mol. The van der Waals surface area contributed by atoms with E-state index in [4.69, 9.17) is 10.5 Å². The second-order valence-electron chi connectivity index (χ2n) is 5.78. The third-order valence-electron chi connectivity index (χ3n) is 3.18. The summed E-state index contributed by atoms with van der Waals surface area (Å²) in [6, 6.07) is -2.42. The summed E-state index contributed by atoms with van der Waals surface area (Å²) in [6.07, 6.45) is 2.12. The van der Waals surface area contributed by atoms with E-state index < -0.39 is 35.9 Å². The number of hydrogen-bond donors (Lipinski definition) is 3. The first-order valence-electron chi connectivity index (χ1n) is 7.81. The highest BCUT2D eigenvalue weighted by Crippen LogP contribution is 2.04. The predicted molar refractivity (Wildman–Crippen MR) is 88.8 cm³/mol. The number of nitrogens with one attached hydrogen (secondary N) is 2. The maximum absolute atomic E-state index is 12.1. The zero-order valence-corrected chi connectivity index (χ0v) is 14.4. The monoisotopic (exact) mass is 341 g/mol. The number of ether oxygens (including phenoxy) is 1. The minimum atomic E-state index is -0.946. The lowest BCUT2D eigenvalue weighted by Gasteiger charge is -2.24. The molecule has 0 spiro atoms. The van der Waals surface area contributed by atoms with Crippen LogP contribution < -0.4 is 16.4 Å². The minimum Gasteiger partial charge on any atom is -0.461 e. The number of nitrogens with two attached hydrogens (primary N) is 1. The maximum atomic E-state index is 12.1. The molecular formula is C16H27N3O5. The van der Waals surface area contributed by atoms with Gasteiger partial charge in [0, 0.05) is 6.42 Å². The van der Waals surface area contributed by atoms with E-state index in [1.807, 2.05) is 0 Å². The summed E-state index contributed by atoms with van der Waals surface area (Å²) < 4.78 is 4.79. The molecular weight excluding hydrogens is 314 g/mol. The van der Waals surface area contributed by atoms with Gasteiger partial charge in [-0.05, 0) is 19.3 Å². The first-order chi connectivity index (χ1) is 11.2. The van der Waals surface area contributed by atoms with E-state index in [-0.39, 0.29) is 25.4 Å². The molecule has 4 N–H and O–H groups in total. The van der Waals surface area contributed by atoms with Gasteiger partial charge in [0.15, 0.2) is 0 Å². The molecule has 1 unspecified atom stereocenters. The Hall–Kier alpha value is -2.22. The first-order valence-corrected chi connectivity index (χ1v) is 7.81. The number of carbonyl (C=O) groups excluding carboxylic acids is 4. The van der Waals surface area contributed by atoms with Crippen molar-refractivity contribution in [3.63, 3.8) is 0 Å². The molecule has 2 amide bonds. The SMILES string of the molecule is C=CCOC(=O)CC[C@H](N)C(=O)NC(C(=O)N[C@@H](C)C=O)C(C)C. The van der Waals surface area contributed by atoms with Crippen LogP contribution in [0.3, 0.4) is 0 Å². The largest absolute Gasteiger partial charge is 0.461 e. The Morgan fingerprint density at radius 3 is 2.29 bits per heavy atom. The van der Waals surface area contributed by atoms with Crippen LogP contribution in [0.2, 0.25) is 0 Å². The summed E-state index contributed by atoms with van der Waals surface area (Å²) in [6.45, 7) is 8.57. The fourth-order valence-electron chi connectivity index (χ4n) is 1.77. The fraction of sp³-hybridized carbons (Fsp3) is 0.625. The first kappa shape index (κ1) is 21.8. The molecule has 0 fully saturated rings. The van der Waals surface area contributed by atoms with E-state index in [1.165, 1.54) is 13.0 Å². The molecule has 0 saturated carbocycles. The average Bonchev–Trinajstić information content (AvgIpc) is 2.54. The Balaban J connectivity index is 4.54. The third-order valence-corrected chi connectivity index (χ3v) is 3.18. The molecule has 8 heteroatoms. The molecule has 0 bridgehead atoms. The molecule has 0 saturated heterocycles. The van der Waals surface area contributed by atoms with Crippen molar-refractivity contribution in [2.24, 2.45) is 11.7 Å². The molecule has 0 aliphatic carbocycles. The quantitative estimate of drug-likeness (QED) is 0.268. The number of esters is 1. The van der Waals surface area contributed by atoms with Crippen molar-refractivity contribution in [1.82, 2.24) is 10.6 Å². The molecule has 0 aliphatic heterocycles. The Kier molecular flexibility index (Phi) is 10.3. The van der Waals surface area contributed by atoms with E-state index in [0.29, 0.717) is 6.29 Å². The van der Waals surface area contributed by atoms with Crippen LogP contribution in [-0.4, -0.2) is 48.8 Å². The van der Waals surface area contributed by atoms with Gasteiger partial charge < -0.3 is 25.9 Å². The second-order valence-corrected chi connectivity index (χ2v) is 5.78. The summed E-state index contributed by atoms with van der Waals surface area (Å²) in [5, 5.41) is 5.03. The van der Waals surface area contributed by atoms with Crippen LogP contribution in [0.1, 0.15) is 33.6 Å². The molecule has 0 radical (unpaired) electrons. The summed E-state index contributed by atoms with van der Waals surface area (Å²) in [7, 11) is 0. The number of amides is 2. The Labute approximate surface area is 142 Å². The van der Waals surface area contributed by atoms with Crippen molar-refractivity contribution >= 4 is 24.1 Å². The maximum Gasteiger partial charge on any atom is 0.306 e. The van der Waals surface area contributed by atoms with Crippen molar-refractivity contribution < 1.29 is 23.9 Å². The van der Waals surface area contributed by atoms with Crippen molar-refractivity contribution in [2.75, 3.05) is 6.61 Å². The van der Waals surface area contributed by atoms with Gasteiger partial charge in [-0.25, -0.2) is 0 Å². The van der Waals surface area contributed by atoms with Crippen LogP contribution in [0, 0.1) is 5.92 Å². The molecule has 0 aromatic heterocycles. The van der Waals surface area contributed by atoms with Gasteiger partial charge in [-0.15, -0.1) is 0 Å². The smallest absolute Gasteiger partial charge is 0.306 e. The zero-order valence-electron chi connectivity index (χ0n) is 14.4. The lowest BCUT2D eigenvalue weighted by Crippen LogP contribution is -2.55. The number of carbonyl (C=O) groups is 4. The van der Waals surface area contributed by atoms with Crippen LogP contribution in [0.25, 0.3) is 0 Å². The molecule has 8 nitrogen and oxygen atoms in total. The van der Waals surface area contributed by atoms with E-state index in [9.17, 15) is 19.2 Å². The molecule has 3 atom stereocenters. The van der Waals surface area contributed by atoms with Crippen molar-refractivity contribution in [3.8, 4) is 0 Å². The van der Waals surface area contributed by atoms with Gasteiger partial charge in [0.2, 0.25) is 11.8 Å². The van der Waals surface area contributed by atoms with Crippen LogP contribution in [0.5, 0.6) is 0 Å². The van der Waals surface area contributed by atoms with Crippen LogP contribution >= 0.6 is 0 Å². The lowest BCUT2D eigenvalue weighted by molar-refractivity contribution is -0.142. The summed E-state index contributed by atoms with van der Waals surface area (Å²) in [5.74, 6) is -1.68. The van der Waals surface area contributed by atoms with Gasteiger partial charge in [-0.1, -0.05) is 26.5 Å². The van der Waals surface area contributed by atoms with Crippen LogP contribution in [0.15, 0.2) is 12.7 Å². The van der Waals surface area contributed by atoms with E-state index in [1.54, 1.807) is 13.8 Å². The number of rotatable bonds is 11. The highest BCUT2D eigenvalue weighted by Gasteiger charge is 2.27. The summed E-state index contributed by atoms with van der Waals surface area (Å²) in [5.41, 5.74) is 5.74. The van der Waals surface area contributed by atoms with Gasteiger partial charge in [0.25, 0.3) is 0 Å². The minimum absolute atomic E-state index is 0.0108. The normalized spacial score (nSPS) is 14.2. The molecule has 0 heterocycles.